The topological polar surface area (TPSA) is 30.5 Å². The van der Waals surface area contributed by atoms with Gasteiger partial charge in [0.2, 0.25) is 0 Å². The molecule has 1 N–H and O–H groups in total. The molecule has 112 valence electrons. The third-order valence-corrected chi connectivity index (χ3v) is 4.13. The first-order valence-corrected chi connectivity index (χ1v) is 7.70. The van der Waals surface area contributed by atoms with E-state index in [0.29, 0.717) is 22.3 Å². The largest absolute Gasteiger partial charge is 0.496 e. The van der Waals surface area contributed by atoms with Crippen LogP contribution in [-0.4, -0.2) is 14.2 Å². The molecular formula is C15H14BrCl2NO2. The third kappa shape index (κ3) is 3.76. The van der Waals surface area contributed by atoms with Crippen molar-refractivity contribution in [3.05, 3.63) is 50.4 Å². The van der Waals surface area contributed by atoms with E-state index in [1.54, 1.807) is 26.4 Å². The summed E-state index contributed by atoms with van der Waals surface area (Å²) in [4.78, 5) is 0. The van der Waals surface area contributed by atoms with Gasteiger partial charge < -0.3 is 14.8 Å². The molecule has 0 aromatic heterocycles. The van der Waals surface area contributed by atoms with Gasteiger partial charge in [0.15, 0.2) is 5.75 Å². The van der Waals surface area contributed by atoms with E-state index in [-0.39, 0.29) is 0 Å². The van der Waals surface area contributed by atoms with E-state index in [2.05, 4.69) is 21.2 Å². The molecule has 0 aliphatic rings. The molecule has 0 heterocycles. The lowest BCUT2D eigenvalue weighted by Gasteiger charge is -2.15. The second-order valence-electron chi connectivity index (χ2n) is 4.24. The summed E-state index contributed by atoms with van der Waals surface area (Å²) in [5, 5.41) is 4.52. The molecule has 0 atom stereocenters. The Morgan fingerprint density at radius 2 is 1.90 bits per heavy atom. The number of hydrogen-bond acceptors (Lipinski definition) is 3. The summed E-state index contributed by atoms with van der Waals surface area (Å²) in [5.74, 6) is 1.42. The van der Waals surface area contributed by atoms with Crippen molar-refractivity contribution in [2.24, 2.45) is 0 Å². The van der Waals surface area contributed by atoms with Gasteiger partial charge >= 0.3 is 0 Å². The number of rotatable bonds is 5. The fourth-order valence-corrected chi connectivity index (χ4v) is 3.19. The quantitative estimate of drug-likeness (QED) is 0.742. The molecule has 0 bridgehead atoms. The molecule has 3 nitrogen and oxygen atoms in total. The van der Waals surface area contributed by atoms with Gasteiger partial charge in [0.25, 0.3) is 0 Å². The molecular weight excluding hydrogens is 377 g/mol. The van der Waals surface area contributed by atoms with Crippen LogP contribution in [0.25, 0.3) is 0 Å². The van der Waals surface area contributed by atoms with Crippen molar-refractivity contribution >= 4 is 44.8 Å². The summed E-state index contributed by atoms with van der Waals surface area (Å²) in [5.41, 5.74) is 1.65. The highest BCUT2D eigenvalue weighted by Gasteiger charge is 2.12. The molecule has 0 amide bonds. The summed E-state index contributed by atoms with van der Waals surface area (Å²) in [7, 11) is 3.22. The van der Waals surface area contributed by atoms with Crippen LogP contribution in [-0.2, 0) is 6.54 Å². The number of methoxy groups -OCH3 is 2. The van der Waals surface area contributed by atoms with Gasteiger partial charge in [-0.25, -0.2) is 0 Å². The van der Waals surface area contributed by atoms with E-state index in [1.165, 1.54) is 0 Å². The third-order valence-electron chi connectivity index (χ3n) is 2.96. The Hall–Kier alpha value is -1.10. The number of hydrogen-bond donors (Lipinski definition) is 1. The van der Waals surface area contributed by atoms with E-state index in [1.807, 2.05) is 18.2 Å². The van der Waals surface area contributed by atoms with Gasteiger partial charge in [-0.1, -0.05) is 29.3 Å². The Balaban J connectivity index is 2.29. The van der Waals surface area contributed by atoms with E-state index in [4.69, 9.17) is 32.7 Å². The molecule has 0 aliphatic heterocycles. The lowest BCUT2D eigenvalue weighted by atomic mass is 10.2. The van der Waals surface area contributed by atoms with Gasteiger partial charge in [-0.2, -0.15) is 0 Å². The molecule has 0 aliphatic carbocycles. The summed E-state index contributed by atoms with van der Waals surface area (Å²) < 4.78 is 11.5. The molecule has 0 fully saturated rings. The normalized spacial score (nSPS) is 10.3. The smallest absolute Gasteiger partial charge is 0.156 e. The van der Waals surface area contributed by atoms with E-state index >= 15 is 0 Å². The molecule has 2 aromatic rings. The van der Waals surface area contributed by atoms with Crippen LogP contribution < -0.4 is 14.8 Å². The van der Waals surface area contributed by atoms with Crippen LogP contribution in [0.1, 0.15) is 5.56 Å². The van der Waals surface area contributed by atoms with Gasteiger partial charge in [-0.3, -0.25) is 0 Å². The van der Waals surface area contributed by atoms with Crippen molar-refractivity contribution in [1.29, 1.82) is 0 Å². The molecule has 21 heavy (non-hydrogen) atoms. The Kier molecular flexibility index (Phi) is 5.62. The van der Waals surface area contributed by atoms with Crippen LogP contribution in [0.2, 0.25) is 10.0 Å². The van der Waals surface area contributed by atoms with E-state index in [9.17, 15) is 0 Å². The highest BCUT2D eigenvalue weighted by molar-refractivity contribution is 9.10. The maximum absolute atomic E-state index is 6.22. The van der Waals surface area contributed by atoms with Crippen molar-refractivity contribution < 1.29 is 9.47 Å². The lowest BCUT2D eigenvalue weighted by molar-refractivity contribution is 0.409. The van der Waals surface area contributed by atoms with E-state index < -0.39 is 0 Å². The average Bonchev–Trinajstić information content (AvgIpc) is 2.45. The first-order chi connectivity index (χ1) is 10.1. The van der Waals surface area contributed by atoms with E-state index in [0.717, 1.165) is 21.5 Å². The van der Waals surface area contributed by atoms with Crippen molar-refractivity contribution in [2.45, 2.75) is 6.54 Å². The number of anilines is 1. The van der Waals surface area contributed by atoms with Crippen LogP contribution in [0, 0.1) is 0 Å². The summed E-state index contributed by atoms with van der Waals surface area (Å²) in [6.45, 7) is 0.492. The average molecular weight is 391 g/mol. The van der Waals surface area contributed by atoms with Crippen LogP contribution in [0.3, 0.4) is 0 Å². The Bertz CT molecular complexity index is 650. The molecule has 2 aromatic carbocycles. The van der Waals surface area contributed by atoms with Crippen LogP contribution in [0.5, 0.6) is 11.5 Å². The van der Waals surface area contributed by atoms with Gasteiger partial charge in [-0.05, 0) is 40.2 Å². The fourth-order valence-electron chi connectivity index (χ4n) is 1.98. The maximum atomic E-state index is 6.22. The minimum Gasteiger partial charge on any atom is -0.496 e. The Labute approximate surface area is 142 Å². The molecule has 0 radical (unpaired) electrons. The highest BCUT2D eigenvalue weighted by Crippen LogP contribution is 2.37. The van der Waals surface area contributed by atoms with Crippen molar-refractivity contribution in [3.8, 4) is 11.5 Å². The minimum absolute atomic E-state index is 0.492. The minimum atomic E-state index is 0.492. The monoisotopic (exact) mass is 389 g/mol. The molecule has 0 saturated heterocycles. The van der Waals surface area contributed by atoms with Gasteiger partial charge in [0.05, 0.1) is 24.4 Å². The van der Waals surface area contributed by atoms with Crippen LogP contribution in [0.4, 0.5) is 5.69 Å². The van der Waals surface area contributed by atoms with Crippen molar-refractivity contribution in [3.63, 3.8) is 0 Å². The first-order valence-electron chi connectivity index (χ1n) is 6.15. The molecule has 0 saturated carbocycles. The highest BCUT2D eigenvalue weighted by atomic mass is 79.9. The van der Waals surface area contributed by atoms with Gasteiger partial charge in [0, 0.05) is 22.2 Å². The number of nitrogens with one attached hydrogen (secondary N) is 1. The standard InChI is InChI=1S/C15H14BrCl2NO2/c1-20-14-5-3-4-12(18)10(14)8-19-13-7-9(17)6-11(16)15(13)21-2/h3-7,19H,8H2,1-2H3. The zero-order chi connectivity index (χ0) is 15.4. The van der Waals surface area contributed by atoms with Crippen molar-refractivity contribution in [2.75, 3.05) is 19.5 Å². The maximum Gasteiger partial charge on any atom is 0.156 e. The van der Waals surface area contributed by atoms with Crippen LogP contribution in [0.15, 0.2) is 34.8 Å². The molecule has 0 unspecified atom stereocenters. The second-order valence-corrected chi connectivity index (χ2v) is 5.94. The molecule has 6 heteroatoms. The fraction of sp³-hybridized carbons (Fsp3) is 0.200. The second kappa shape index (κ2) is 7.25. The van der Waals surface area contributed by atoms with Crippen molar-refractivity contribution in [1.82, 2.24) is 0 Å². The summed E-state index contributed by atoms with van der Waals surface area (Å²) in [6.07, 6.45) is 0. The zero-order valence-corrected chi connectivity index (χ0v) is 14.6. The van der Waals surface area contributed by atoms with Gasteiger partial charge in [0.1, 0.15) is 5.75 Å². The number of ether oxygens (including phenoxy) is 2. The number of halogens is 3. The summed E-state index contributed by atoms with van der Waals surface area (Å²) >= 11 is 15.7. The Morgan fingerprint density at radius 1 is 1.14 bits per heavy atom. The van der Waals surface area contributed by atoms with Gasteiger partial charge in [-0.15, -0.1) is 0 Å². The predicted octanol–water partition coefficient (Wildman–Crippen LogP) is 5.39. The predicted molar refractivity (Wildman–Crippen MR) is 91.0 cm³/mol. The number of benzene rings is 2. The molecule has 2 rings (SSSR count). The first kappa shape index (κ1) is 16.3. The zero-order valence-electron chi connectivity index (χ0n) is 11.5. The summed E-state index contributed by atoms with van der Waals surface area (Å²) in [6, 6.07) is 9.12. The molecule has 0 spiro atoms. The Morgan fingerprint density at radius 3 is 2.57 bits per heavy atom. The SMILES string of the molecule is COc1cccc(Cl)c1CNc1cc(Cl)cc(Br)c1OC. The van der Waals surface area contributed by atoms with Crippen LogP contribution >= 0.6 is 39.1 Å². The lowest BCUT2D eigenvalue weighted by Crippen LogP contribution is -2.04.